The third-order valence-corrected chi connectivity index (χ3v) is 1.28. The standard InChI is InChI=1S/C12H12O6/c1-2-14-5-6-16-9-10-18-12-11-17-8-7-15-4-3-13-1/h1-12H. The van der Waals surface area contributed by atoms with Crippen molar-refractivity contribution in [3.63, 3.8) is 0 Å². The predicted molar refractivity (Wildman–Crippen MR) is 61.4 cm³/mol. The molecule has 1 heterocycles. The normalized spacial score (nSPS) is 16.0. The van der Waals surface area contributed by atoms with Gasteiger partial charge >= 0.3 is 0 Å². The Morgan fingerprint density at radius 3 is 0.444 bits per heavy atom. The van der Waals surface area contributed by atoms with Crippen LogP contribution in [0.5, 0.6) is 0 Å². The third kappa shape index (κ3) is 8.54. The van der Waals surface area contributed by atoms with E-state index in [1.807, 2.05) is 0 Å². The van der Waals surface area contributed by atoms with Crippen LogP contribution in [-0.2, 0) is 28.4 Å². The van der Waals surface area contributed by atoms with E-state index >= 15 is 0 Å². The van der Waals surface area contributed by atoms with Gasteiger partial charge in [0, 0.05) is 0 Å². The second-order valence-electron chi connectivity index (χ2n) is 2.45. The molecule has 0 radical (unpaired) electrons. The topological polar surface area (TPSA) is 55.4 Å². The summed E-state index contributed by atoms with van der Waals surface area (Å²) in [6.07, 6.45) is 15.8. The van der Waals surface area contributed by atoms with E-state index in [1.165, 1.54) is 75.1 Å². The molecule has 0 amide bonds. The molecule has 1 aliphatic rings. The molecule has 0 spiro atoms. The van der Waals surface area contributed by atoms with E-state index < -0.39 is 0 Å². The molecule has 6 heteroatoms. The minimum absolute atomic E-state index is 1.31. The molecular weight excluding hydrogens is 240 g/mol. The van der Waals surface area contributed by atoms with Gasteiger partial charge in [-0.3, -0.25) is 0 Å². The first-order valence-corrected chi connectivity index (χ1v) is 4.83. The molecule has 0 aromatic carbocycles. The molecule has 18 heavy (non-hydrogen) atoms. The summed E-state index contributed by atoms with van der Waals surface area (Å²) in [6.45, 7) is 0. The first-order chi connectivity index (χ1) is 9.00. The fraction of sp³-hybridized carbons (Fsp3) is 0. The first kappa shape index (κ1) is 13.3. The molecule has 0 N–H and O–H groups in total. The summed E-state index contributed by atoms with van der Waals surface area (Å²) < 4.78 is 29.2. The average molecular weight is 252 g/mol. The molecule has 96 valence electrons. The lowest BCUT2D eigenvalue weighted by atomic mass is 10.9. The van der Waals surface area contributed by atoms with Gasteiger partial charge in [0.1, 0.15) is 75.1 Å². The highest BCUT2D eigenvalue weighted by Gasteiger charge is 1.75. The van der Waals surface area contributed by atoms with Gasteiger partial charge < -0.3 is 28.4 Å². The van der Waals surface area contributed by atoms with E-state index in [0.717, 1.165) is 0 Å². The van der Waals surface area contributed by atoms with Crippen LogP contribution in [0.2, 0.25) is 0 Å². The summed E-state index contributed by atoms with van der Waals surface area (Å²) in [5.74, 6) is 0. The van der Waals surface area contributed by atoms with Gasteiger partial charge in [-0.05, 0) is 0 Å². The molecule has 6 nitrogen and oxygen atoms in total. The van der Waals surface area contributed by atoms with Crippen molar-refractivity contribution in [2.24, 2.45) is 0 Å². The number of rotatable bonds is 0. The van der Waals surface area contributed by atoms with Crippen LogP contribution in [-0.4, -0.2) is 0 Å². The van der Waals surface area contributed by atoms with Crippen LogP contribution < -0.4 is 0 Å². The van der Waals surface area contributed by atoms with E-state index in [-0.39, 0.29) is 0 Å². The van der Waals surface area contributed by atoms with Crippen molar-refractivity contribution in [2.45, 2.75) is 0 Å². The highest BCUT2D eigenvalue weighted by molar-refractivity contribution is 4.78. The molecule has 1 aliphatic heterocycles. The minimum atomic E-state index is 1.31. The van der Waals surface area contributed by atoms with Crippen molar-refractivity contribution >= 4 is 0 Å². The van der Waals surface area contributed by atoms with Crippen LogP contribution in [0.25, 0.3) is 0 Å². The van der Waals surface area contributed by atoms with Crippen molar-refractivity contribution < 1.29 is 28.4 Å². The lowest BCUT2D eigenvalue weighted by Gasteiger charge is -1.94. The Labute approximate surface area is 104 Å². The van der Waals surface area contributed by atoms with Gasteiger partial charge in [0.2, 0.25) is 0 Å². The molecule has 0 aromatic rings. The van der Waals surface area contributed by atoms with Gasteiger partial charge in [0.25, 0.3) is 0 Å². The summed E-state index contributed by atoms with van der Waals surface area (Å²) in [5.41, 5.74) is 0. The molecule has 0 atom stereocenters. The predicted octanol–water partition coefficient (Wildman–Crippen LogP) is 2.93. The number of ether oxygens (including phenoxy) is 6. The fourth-order valence-corrected chi connectivity index (χ4v) is 0.657. The van der Waals surface area contributed by atoms with E-state index in [2.05, 4.69) is 0 Å². The average Bonchev–Trinajstić information content (AvgIpc) is 2.39. The molecule has 0 aromatic heterocycles. The van der Waals surface area contributed by atoms with Crippen LogP contribution in [0.3, 0.4) is 0 Å². The third-order valence-electron chi connectivity index (χ3n) is 1.28. The maximum atomic E-state index is 4.87. The van der Waals surface area contributed by atoms with Crippen LogP contribution in [0.1, 0.15) is 0 Å². The smallest absolute Gasteiger partial charge is 0.125 e. The Hall–Kier alpha value is -2.76. The Balaban J connectivity index is 2.40. The lowest BCUT2D eigenvalue weighted by Crippen LogP contribution is -1.74. The summed E-state index contributed by atoms with van der Waals surface area (Å²) in [6, 6.07) is 0. The van der Waals surface area contributed by atoms with Crippen molar-refractivity contribution in [2.75, 3.05) is 0 Å². The molecule has 0 aliphatic carbocycles. The molecular formula is C12H12O6. The van der Waals surface area contributed by atoms with Crippen LogP contribution in [0.4, 0.5) is 0 Å². The van der Waals surface area contributed by atoms with Crippen molar-refractivity contribution in [1.82, 2.24) is 0 Å². The van der Waals surface area contributed by atoms with E-state index in [0.29, 0.717) is 0 Å². The van der Waals surface area contributed by atoms with Gasteiger partial charge in [0.15, 0.2) is 0 Å². The maximum absolute atomic E-state index is 4.87. The first-order valence-electron chi connectivity index (χ1n) is 4.83. The van der Waals surface area contributed by atoms with E-state index in [9.17, 15) is 0 Å². The van der Waals surface area contributed by atoms with Crippen molar-refractivity contribution in [3.8, 4) is 0 Å². The highest BCUT2D eigenvalue weighted by atomic mass is 16.5. The molecule has 0 fully saturated rings. The Kier molecular flexibility index (Phi) is 7.94. The quantitative estimate of drug-likeness (QED) is 0.660. The summed E-state index contributed by atoms with van der Waals surface area (Å²) in [5, 5.41) is 0. The maximum Gasteiger partial charge on any atom is 0.125 e. The largest absolute Gasteiger partial charge is 0.466 e. The Morgan fingerprint density at radius 2 is 0.333 bits per heavy atom. The summed E-state index contributed by atoms with van der Waals surface area (Å²) >= 11 is 0. The summed E-state index contributed by atoms with van der Waals surface area (Å²) in [7, 11) is 0. The van der Waals surface area contributed by atoms with E-state index in [1.54, 1.807) is 0 Å². The van der Waals surface area contributed by atoms with Gasteiger partial charge in [-0.25, -0.2) is 0 Å². The second kappa shape index (κ2) is 10.7. The minimum Gasteiger partial charge on any atom is -0.466 e. The molecule has 0 unspecified atom stereocenters. The van der Waals surface area contributed by atoms with E-state index in [4.69, 9.17) is 28.4 Å². The molecule has 0 saturated heterocycles. The lowest BCUT2D eigenvalue weighted by molar-refractivity contribution is 0.290. The van der Waals surface area contributed by atoms with Gasteiger partial charge in [-0.1, -0.05) is 0 Å². The zero-order valence-electron chi connectivity index (χ0n) is 9.38. The van der Waals surface area contributed by atoms with Crippen LogP contribution >= 0.6 is 0 Å². The zero-order valence-corrected chi connectivity index (χ0v) is 9.38. The fourth-order valence-electron chi connectivity index (χ4n) is 0.657. The zero-order chi connectivity index (χ0) is 12.7. The Bertz CT molecular complexity index is 248. The van der Waals surface area contributed by atoms with Gasteiger partial charge in [-0.15, -0.1) is 0 Å². The second-order valence-corrected chi connectivity index (χ2v) is 2.45. The van der Waals surface area contributed by atoms with Crippen LogP contribution in [0, 0.1) is 0 Å². The van der Waals surface area contributed by atoms with Gasteiger partial charge in [-0.2, -0.15) is 0 Å². The summed E-state index contributed by atoms with van der Waals surface area (Å²) in [4.78, 5) is 0. The number of hydrogen-bond donors (Lipinski definition) is 0. The van der Waals surface area contributed by atoms with Crippen LogP contribution in [0.15, 0.2) is 75.1 Å². The molecule has 0 bridgehead atoms. The number of hydrogen-bond acceptors (Lipinski definition) is 6. The monoisotopic (exact) mass is 252 g/mol. The SMILES string of the molecule is C1=COC=COC=COC=COC=COC=CO1. The van der Waals surface area contributed by atoms with Crippen molar-refractivity contribution in [1.29, 1.82) is 0 Å². The molecule has 1 rings (SSSR count). The van der Waals surface area contributed by atoms with Gasteiger partial charge in [0.05, 0.1) is 0 Å². The highest BCUT2D eigenvalue weighted by Crippen LogP contribution is 1.90. The van der Waals surface area contributed by atoms with Crippen molar-refractivity contribution in [3.05, 3.63) is 75.1 Å². The Morgan fingerprint density at radius 1 is 0.222 bits per heavy atom. The molecule has 0 saturated carbocycles.